The molecule has 0 saturated carbocycles. The summed E-state index contributed by atoms with van der Waals surface area (Å²) in [5, 5.41) is 12.3. The molecule has 3 aromatic rings. The first-order chi connectivity index (χ1) is 14.1. The molecule has 0 atom stereocenters. The molecule has 7 nitrogen and oxygen atoms in total. The first kappa shape index (κ1) is 19.3. The Hall–Kier alpha value is -3.00. The number of fused-ring (bicyclic) bond motifs is 1. The number of hydrogen-bond acceptors (Lipinski definition) is 6. The van der Waals surface area contributed by atoms with Gasteiger partial charge in [0, 0.05) is 24.5 Å². The number of amides is 1. The Kier molecular flexibility index (Phi) is 5.71. The smallest absolute Gasteiger partial charge is 0.234 e. The van der Waals surface area contributed by atoms with Gasteiger partial charge in [-0.15, -0.1) is 10.2 Å². The lowest BCUT2D eigenvalue weighted by atomic mass is 10.2. The van der Waals surface area contributed by atoms with Gasteiger partial charge in [0.05, 0.1) is 12.4 Å². The third-order valence-corrected chi connectivity index (χ3v) is 5.55. The number of benzene rings is 2. The molecule has 0 radical (unpaired) electrons. The lowest BCUT2D eigenvalue weighted by molar-refractivity contribution is -0.113. The Labute approximate surface area is 174 Å². The zero-order chi connectivity index (χ0) is 20.2. The SMILES string of the molecule is CCOc1ccc(N2CCn3c(SCC(=O)Nc4cccc(C)c4)nnc32)cc1. The number of anilines is 3. The fourth-order valence-corrected chi connectivity index (χ4v) is 4.03. The number of nitrogens with zero attached hydrogens (tertiary/aromatic N) is 4. The first-order valence-corrected chi connectivity index (χ1v) is 10.6. The third kappa shape index (κ3) is 4.37. The molecule has 150 valence electrons. The molecule has 0 unspecified atom stereocenters. The number of aromatic nitrogens is 3. The number of carbonyl (C=O) groups excluding carboxylic acids is 1. The second kappa shape index (κ2) is 8.57. The maximum atomic E-state index is 12.3. The van der Waals surface area contributed by atoms with E-state index in [2.05, 4.69) is 25.0 Å². The van der Waals surface area contributed by atoms with Gasteiger partial charge in [-0.3, -0.25) is 9.36 Å². The summed E-state index contributed by atoms with van der Waals surface area (Å²) in [5.74, 6) is 1.89. The average molecular weight is 410 g/mol. The second-order valence-electron chi connectivity index (χ2n) is 6.72. The zero-order valence-corrected chi connectivity index (χ0v) is 17.3. The van der Waals surface area contributed by atoms with E-state index in [0.29, 0.717) is 6.61 Å². The molecule has 0 saturated heterocycles. The summed E-state index contributed by atoms with van der Waals surface area (Å²) in [6.45, 7) is 6.23. The highest BCUT2D eigenvalue weighted by molar-refractivity contribution is 7.99. The van der Waals surface area contributed by atoms with Crippen LogP contribution >= 0.6 is 11.8 Å². The maximum Gasteiger partial charge on any atom is 0.234 e. The van der Waals surface area contributed by atoms with Crippen LogP contribution in [-0.2, 0) is 11.3 Å². The van der Waals surface area contributed by atoms with Crippen LogP contribution in [0.2, 0.25) is 0 Å². The number of ether oxygens (including phenoxy) is 1. The van der Waals surface area contributed by atoms with Crippen LogP contribution in [0.1, 0.15) is 12.5 Å². The van der Waals surface area contributed by atoms with Gasteiger partial charge >= 0.3 is 0 Å². The number of carbonyl (C=O) groups is 1. The summed E-state index contributed by atoms with van der Waals surface area (Å²) >= 11 is 1.40. The Morgan fingerprint density at radius 3 is 2.76 bits per heavy atom. The normalized spacial score (nSPS) is 12.7. The zero-order valence-electron chi connectivity index (χ0n) is 16.5. The summed E-state index contributed by atoms with van der Waals surface area (Å²) in [4.78, 5) is 14.4. The molecule has 1 aliphatic rings. The molecule has 0 aliphatic carbocycles. The van der Waals surface area contributed by atoms with Crippen LogP contribution < -0.4 is 15.0 Å². The van der Waals surface area contributed by atoms with Gasteiger partial charge in [0.25, 0.3) is 0 Å². The van der Waals surface area contributed by atoms with Crippen molar-refractivity contribution < 1.29 is 9.53 Å². The molecule has 1 aliphatic heterocycles. The maximum absolute atomic E-state index is 12.3. The number of nitrogens with one attached hydrogen (secondary N) is 1. The molecular weight excluding hydrogens is 386 g/mol. The molecule has 0 spiro atoms. The number of rotatable bonds is 7. The fourth-order valence-electron chi connectivity index (χ4n) is 3.27. The van der Waals surface area contributed by atoms with Gasteiger partial charge in [-0.2, -0.15) is 0 Å². The van der Waals surface area contributed by atoms with Gasteiger partial charge in [0.1, 0.15) is 5.75 Å². The Balaban J connectivity index is 1.39. The van der Waals surface area contributed by atoms with Crippen LogP contribution in [0, 0.1) is 6.92 Å². The quantitative estimate of drug-likeness (QED) is 0.598. The molecule has 8 heteroatoms. The van der Waals surface area contributed by atoms with Gasteiger partial charge in [0.15, 0.2) is 5.16 Å². The van der Waals surface area contributed by atoms with E-state index in [1.54, 1.807) is 0 Å². The molecule has 2 aromatic carbocycles. The van der Waals surface area contributed by atoms with Crippen molar-refractivity contribution in [2.75, 3.05) is 29.1 Å². The summed E-state index contributed by atoms with van der Waals surface area (Å²) in [5.41, 5.74) is 2.97. The van der Waals surface area contributed by atoms with Crippen molar-refractivity contribution in [3.05, 3.63) is 54.1 Å². The van der Waals surface area contributed by atoms with E-state index < -0.39 is 0 Å². The largest absolute Gasteiger partial charge is 0.494 e. The third-order valence-electron chi connectivity index (χ3n) is 4.58. The summed E-state index contributed by atoms with van der Waals surface area (Å²) < 4.78 is 7.56. The first-order valence-electron chi connectivity index (χ1n) is 9.57. The van der Waals surface area contributed by atoms with E-state index in [1.165, 1.54) is 11.8 Å². The number of aryl methyl sites for hydroxylation is 1. The van der Waals surface area contributed by atoms with E-state index in [0.717, 1.165) is 46.9 Å². The lowest BCUT2D eigenvalue weighted by Gasteiger charge is -2.15. The topological polar surface area (TPSA) is 72.3 Å². The van der Waals surface area contributed by atoms with E-state index in [-0.39, 0.29) is 11.7 Å². The van der Waals surface area contributed by atoms with Crippen LogP contribution in [0.5, 0.6) is 5.75 Å². The van der Waals surface area contributed by atoms with Crippen LogP contribution in [0.15, 0.2) is 53.7 Å². The lowest BCUT2D eigenvalue weighted by Crippen LogP contribution is -2.14. The molecular formula is C21H23N5O2S. The number of hydrogen-bond donors (Lipinski definition) is 1. The number of thioether (sulfide) groups is 1. The van der Waals surface area contributed by atoms with E-state index in [9.17, 15) is 4.79 Å². The summed E-state index contributed by atoms with van der Waals surface area (Å²) in [6.07, 6.45) is 0. The monoisotopic (exact) mass is 409 g/mol. The van der Waals surface area contributed by atoms with Gasteiger partial charge in [-0.1, -0.05) is 23.9 Å². The van der Waals surface area contributed by atoms with Crippen molar-refractivity contribution in [2.24, 2.45) is 0 Å². The summed E-state index contributed by atoms with van der Waals surface area (Å²) in [6, 6.07) is 15.7. The summed E-state index contributed by atoms with van der Waals surface area (Å²) in [7, 11) is 0. The molecule has 1 amide bonds. The average Bonchev–Trinajstić information content (AvgIpc) is 3.30. The molecule has 29 heavy (non-hydrogen) atoms. The highest BCUT2D eigenvalue weighted by atomic mass is 32.2. The van der Waals surface area contributed by atoms with Gasteiger partial charge in [-0.05, 0) is 55.8 Å². The molecule has 0 bridgehead atoms. The van der Waals surface area contributed by atoms with Crippen LogP contribution in [0.25, 0.3) is 0 Å². The minimum atomic E-state index is -0.0562. The van der Waals surface area contributed by atoms with Crippen LogP contribution in [0.4, 0.5) is 17.3 Å². The Morgan fingerprint density at radius 2 is 2.00 bits per heavy atom. The highest BCUT2D eigenvalue weighted by Crippen LogP contribution is 2.32. The van der Waals surface area contributed by atoms with Gasteiger partial charge in [-0.25, -0.2) is 0 Å². The van der Waals surface area contributed by atoms with E-state index in [1.807, 2.05) is 62.4 Å². The second-order valence-corrected chi connectivity index (χ2v) is 7.66. The highest BCUT2D eigenvalue weighted by Gasteiger charge is 2.26. The van der Waals surface area contributed by atoms with Crippen molar-refractivity contribution in [2.45, 2.75) is 25.5 Å². The van der Waals surface area contributed by atoms with Crippen molar-refractivity contribution >= 4 is 35.0 Å². The van der Waals surface area contributed by atoms with Crippen molar-refractivity contribution in [1.29, 1.82) is 0 Å². The van der Waals surface area contributed by atoms with Crippen molar-refractivity contribution in [3.63, 3.8) is 0 Å². The predicted octanol–water partition coefficient (Wildman–Crippen LogP) is 3.87. The van der Waals surface area contributed by atoms with E-state index >= 15 is 0 Å². The molecule has 4 rings (SSSR count). The minimum Gasteiger partial charge on any atom is -0.494 e. The van der Waals surface area contributed by atoms with Crippen LogP contribution in [0.3, 0.4) is 0 Å². The van der Waals surface area contributed by atoms with Gasteiger partial charge in [0.2, 0.25) is 11.9 Å². The van der Waals surface area contributed by atoms with Crippen LogP contribution in [-0.4, -0.2) is 39.6 Å². The van der Waals surface area contributed by atoms with Crippen molar-refractivity contribution in [1.82, 2.24) is 14.8 Å². The molecule has 1 aromatic heterocycles. The van der Waals surface area contributed by atoms with E-state index in [4.69, 9.17) is 4.74 Å². The Morgan fingerprint density at radius 1 is 1.17 bits per heavy atom. The predicted molar refractivity (Wildman–Crippen MR) is 115 cm³/mol. The molecule has 1 N–H and O–H groups in total. The standard InChI is InChI=1S/C21H23N5O2S/c1-3-28-18-9-7-17(8-10-18)25-11-12-26-20(25)23-24-21(26)29-14-19(27)22-16-6-4-5-15(2)13-16/h4-10,13H,3,11-12,14H2,1-2H3,(H,22,27). The van der Waals surface area contributed by atoms with Gasteiger partial charge < -0.3 is 15.0 Å². The Bertz CT molecular complexity index is 1000. The minimum absolute atomic E-state index is 0.0562. The molecule has 2 heterocycles. The van der Waals surface area contributed by atoms with Crippen molar-refractivity contribution in [3.8, 4) is 5.75 Å². The molecule has 0 fully saturated rings. The fraction of sp³-hybridized carbons (Fsp3) is 0.286.